The molecular formula is C15H18O4. The van der Waals surface area contributed by atoms with Crippen LogP contribution >= 0.6 is 0 Å². The molecule has 1 heterocycles. The van der Waals surface area contributed by atoms with Gasteiger partial charge in [0.15, 0.2) is 11.4 Å². The number of esters is 1. The molecule has 0 amide bonds. The molecule has 4 heteroatoms. The van der Waals surface area contributed by atoms with Gasteiger partial charge in [-0.1, -0.05) is 37.1 Å². The summed E-state index contributed by atoms with van der Waals surface area (Å²) in [5.74, 6) is -2.01. The summed E-state index contributed by atoms with van der Waals surface area (Å²) in [5, 5.41) is 19.5. The van der Waals surface area contributed by atoms with E-state index in [0.717, 1.165) is 29.5 Å². The van der Waals surface area contributed by atoms with Crippen molar-refractivity contribution in [2.45, 2.75) is 39.2 Å². The molecule has 2 N–H and O–H groups in total. The first kappa shape index (κ1) is 13.5. The van der Waals surface area contributed by atoms with Gasteiger partial charge in [-0.05, 0) is 25.8 Å². The van der Waals surface area contributed by atoms with E-state index in [1.807, 2.05) is 25.1 Å². The van der Waals surface area contributed by atoms with E-state index in [4.69, 9.17) is 4.74 Å². The molecule has 2 rings (SSSR count). The third-order valence-electron chi connectivity index (χ3n) is 3.46. The minimum atomic E-state index is -1.29. The van der Waals surface area contributed by atoms with Crippen LogP contribution in [0.1, 0.15) is 37.0 Å². The number of carbonyl (C=O) groups excluding carboxylic acids is 1. The van der Waals surface area contributed by atoms with E-state index >= 15 is 0 Å². The molecule has 19 heavy (non-hydrogen) atoms. The molecular weight excluding hydrogens is 244 g/mol. The Balaban J connectivity index is 2.56. The summed E-state index contributed by atoms with van der Waals surface area (Å²) in [5.41, 5.74) is 1.54. The average Bonchev–Trinajstić information content (AvgIpc) is 2.55. The van der Waals surface area contributed by atoms with Crippen LogP contribution < -0.4 is 0 Å². The molecule has 1 aliphatic heterocycles. The first-order valence-corrected chi connectivity index (χ1v) is 6.36. The van der Waals surface area contributed by atoms with Crippen molar-refractivity contribution in [3.05, 3.63) is 46.4 Å². The van der Waals surface area contributed by atoms with Crippen LogP contribution in [0.25, 0.3) is 0 Å². The number of hydrogen-bond donors (Lipinski definition) is 2. The number of carbonyl (C=O) groups is 1. The van der Waals surface area contributed by atoms with E-state index in [1.54, 1.807) is 6.92 Å². The van der Waals surface area contributed by atoms with Gasteiger partial charge in [0.05, 0.1) is 0 Å². The average molecular weight is 262 g/mol. The van der Waals surface area contributed by atoms with Gasteiger partial charge in [-0.3, -0.25) is 0 Å². The highest BCUT2D eigenvalue weighted by molar-refractivity contribution is 5.90. The predicted octanol–water partition coefficient (Wildman–Crippen LogP) is 3.05. The number of aliphatic hydroxyl groups excluding tert-OH is 2. The molecule has 0 radical (unpaired) electrons. The molecule has 102 valence electrons. The highest BCUT2D eigenvalue weighted by Gasteiger charge is 2.47. The number of ether oxygens (including phenoxy) is 1. The molecule has 1 unspecified atom stereocenters. The van der Waals surface area contributed by atoms with E-state index in [1.165, 1.54) is 0 Å². The van der Waals surface area contributed by atoms with Gasteiger partial charge in [-0.2, -0.15) is 0 Å². The fourth-order valence-electron chi connectivity index (χ4n) is 2.45. The highest BCUT2D eigenvalue weighted by Crippen LogP contribution is 2.40. The zero-order valence-electron chi connectivity index (χ0n) is 11.4. The van der Waals surface area contributed by atoms with Crippen molar-refractivity contribution < 1.29 is 19.7 Å². The van der Waals surface area contributed by atoms with Crippen LogP contribution in [0.5, 0.6) is 0 Å². The monoisotopic (exact) mass is 262 g/mol. The normalized spacial score (nSPS) is 22.8. The lowest BCUT2D eigenvalue weighted by molar-refractivity contribution is -0.149. The Morgan fingerprint density at radius 1 is 1.32 bits per heavy atom. The third-order valence-corrected chi connectivity index (χ3v) is 3.46. The van der Waals surface area contributed by atoms with E-state index < -0.39 is 23.1 Å². The summed E-state index contributed by atoms with van der Waals surface area (Å²) in [6, 6.07) is 5.75. The fourth-order valence-corrected chi connectivity index (χ4v) is 2.45. The van der Waals surface area contributed by atoms with E-state index in [-0.39, 0.29) is 0 Å². The van der Waals surface area contributed by atoms with Crippen LogP contribution in [0, 0.1) is 6.92 Å². The number of benzene rings is 1. The second-order valence-electron chi connectivity index (χ2n) is 5.03. The van der Waals surface area contributed by atoms with Gasteiger partial charge in [0, 0.05) is 5.56 Å². The van der Waals surface area contributed by atoms with Gasteiger partial charge in [0.25, 0.3) is 0 Å². The van der Waals surface area contributed by atoms with Gasteiger partial charge in [0.2, 0.25) is 5.76 Å². The number of cyclic esters (lactones) is 1. The lowest BCUT2D eigenvalue weighted by Gasteiger charge is -2.26. The highest BCUT2D eigenvalue weighted by atomic mass is 16.6. The standard InChI is InChI=1S/C15H18O4/c1-4-5-10-8-9(2)6-7-11(10)15(3)13(17)12(16)14(18)19-15/h6-8,16-17H,4-5H2,1-3H3. The Kier molecular flexibility index (Phi) is 3.27. The molecule has 0 spiro atoms. The first-order valence-electron chi connectivity index (χ1n) is 6.36. The molecule has 1 atom stereocenters. The molecule has 4 nitrogen and oxygen atoms in total. The van der Waals surface area contributed by atoms with Crippen molar-refractivity contribution in [1.82, 2.24) is 0 Å². The van der Waals surface area contributed by atoms with Crippen molar-refractivity contribution in [3.8, 4) is 0 Å². The Labute approximate surface area is 112 Å². The minimum Gasteiger partial charge on any atom is -0.505 e. The second-order valence-corrected chi connectivity index (χ2v) is 5.03. The summed E-state index contributed by atoms with van der Waals surface area (Å²) in [7, 11) is 0. The second kappa shape index (κ2) is 4.61. The molecule has 0 aliphatic carbocycles. The van der Waals surface area contributed by atoms with Crippen molar-refractivity contribution in [3.63, 3.8) is 0 Å². The maximum Gasteiger partial charge on any atom is 0.378 e. The van der Waals surface area contributed by atoms with Crippen molar-refractivity contribution >= 4 is 5.97 Å². The SMILES string of the molecule is CCCc1cc(C)ccc1C1(C)OC(=O)C(O)=C1O. The summed E-state index contributed by atoms with van der Waals surface area (Å²) < 4.78 is 5.17. The lowest BCUT2D eigenvalue weighted by Crippen LogP contribution is -2.27. The van der Waals surface area contributed by atoms with Gasteiger partial charge in [0.1, 0.15) is 0 Å². The van der Waals surface area contributed by atoms with Gasteiger partial charge >= 0.3 is 5.97 Å². The molecule has 1 aliphatic rings. The van der Waals surface area contributed by atoms with Crippen LogP contribution in [0.3, 0.4) is 0 Å². The van der Waals surface area contributed by atoms with Crippen molar-refractivity contribution in [2.24, 2.45) is 0 Å². The zero-order valence-corrected chi connectivity index (χ0v) is 11.4. The molecule has 0 fully saturated rings. The largest absolute Gasteiger partial charge is 0.505 e. The number of hydrogen-bond acceptors (Lipinski definition) is 4. The van der Waals surface area contributed by atoms with Crippen LogP contribution in [-0.4, -0.2) is 16.2 Å². The van der Waals surface area contributed by atoms with Crippen LogP contribution in [-0.2, 0) is 21.6 Å². The molecule has 0 saturated heterocycles. The summed E-state index contributed by atoms with van der Waals surface area (Å²) >= 11 is 0. The number of rotatable bonds is 3. The third kappa shape index (κ3) is 2.07. The quantitative estimate of drug-likeness (QED) is 0.822. The first-order chi connectivity index (χ1) is 8.90. The van der Waals surface area contributed by atoms with Gasteiger partial charge in [-0.15, -0.1) is 0 Å². The molecule has 0 saturated carbocycles. The van der Waals surface area contributed by atoms with Gasteiger partial charge in [-0.25, -0.2) is 4.79 Å². The Hall–Kier alpha value is -1.97. The minimum absolute atomic E-state index is 0.418. The topological polar surface area (TPSA) is 66.8 Å². The molecule has 1 aromatic rings. The molecule has 0 aromatic heterocycles. The van der Waals surface area contributed by atoms with E-state index in [2.05, 4.69) is 6.92 Å². The Bertz CT molecular complexity index is 559. The Morgan fingerprint density at radius 2 is 2.00 bits per heavy atom. The molecule has 0 bridgehead atoms. The Morgan fingerprint density at radius 3 is 2.53 bits per heavy atom. The van der Waals surface area contributed by atoms with Crippen LogP contribution in [0.4, 0.5) is 0 Å². The maximum atomic E-state index is 11.4. The maximum absolute atomic E-state index is 11.4. The number of aryl methyl sites for hydroxylation is 2. The fraction of sp³-hybridized carbons (Fsp3) is 0.400. The van der Waals surface area contributed by atoms with Crippen LogP contribution in [0.15, 0.2) is 29.7 Å². The predicted molar refractivity (Wildman–Crippen MR) is 70.9 cm³/mol. The summed E-state index contributed by atoms with van der Waals surface area (Å²) in [6.45, 7) is 5.63. The van der Waals surface area contributed by atoms with Crippen molar-refractivity contribution in [2.75, 3.05) is 0 Å². The van der Waals surface area contributed by atoms with E-state index in [0.29, 0.717) is 0 Å². The summed E-state index contributed by atoms with van der Waals surface area (Å²) in [6.07, 6.45) is 1.76. The molecule has 1 aromatic carbocycles. The smallest absolute Gasteiger partial charge is 0.378 e. The summed E-state index contributed by atoms with van der Waals surface area (Å²) in [4.78, 5) is 11.4. The zero-order chi connectivity index (χ0) is 14.2. The van der Waals surface area contributed by atoms with E-state index in [9.17, 15) is 15.0 Å². The van der Waals surface area contributed by atoms with Gasteiger partial charge < -0.3 is 14.9 Å². The number of aliphatic hydroxyl groups is 2. The van der Waals surface area contributed by atoms with Crippen molar-refractivity contribution in [1.29, 1.82) is 0 Å². The van der Waals surface area contributed by atoms with Crippen LogP contribution in [0.2, 0.25) is 0 Å². The lowest BCUT2D eigenvalue weighted by atomic mass is 9.87.